The third-order valence-electron chi connectivity index (χ3n) is 4.62. The zero-order valence-electron chi connectivity index (χ0n) is 16.8. The van der Waals surface area contributed by atoms with Gasteiger partial charge < -0.3 is 0 Å². The lowest BCUT2D eigenvalue weighted by molar-refractivity contribution is 0.102. The Hall–Kier alpha value is -3.32. The molecule has 152 valence electrons. The van der Waals surface area contributed by atoms with E-state index < -0.39 is 0 Å². The van der Waals surface area contributed by atoms with Gasteiger partial charge in [0.1, 0.15) is 0 Å². The maximum absolute atomic E-state index is 13.0. The zero-order valence-corrected chi connectivity index (χ0v) is 17.6. The third-order valence-corrected chi connectivity index (χ3v) is 5.53. The molecule has 4 rings (SSSR count). The summed E-state index contributed by atoms with van der Waals surface area (Å²) >= 11 is 1.43. The normalized spacial score (nSPS) is 11.2. The number of amides is 1. The van der Waals surface area contributed by atoms with Crippen LogP contribution in [0.4, 0.5) is 5.13 Å². The number of anilines is 1. The van der Waals surface area contributed by atoms with Crippen molar-refractivity contribution in [2.24, 2.45) is 5.92 Å². The van der Waals surface area contributed by atoms with E-state index in [1.54, 1.807) is 30.5 Å². The second kappa shape index (κ2) is 8.59. The van der Waals surface area contributed by atoms with E-state index in [1.165, 1.54) is 21.6 Å². The van der Waals surface area contributed by atoms with Crippen LogP contribution < -0.4 is 10.9 Å². The quantitative estimate of drug-likeness (QED) is 0.505. The van der Waals surface area contributed by atoms with Crippen LogP contribution in [0.2, 0.25) is 0 Å². The summed E-state index contributed by atoms with van der Waals surface area (Å²) < 4.78 is 1.38. The molecule has 2 aromatic heterocycles. The van der Waals surface area contributed by atoms with Gasteiger partial charge in [-0.05, 0) is 17.5 Å². The molecule has 0 aliphatic rings. The van der Waals surface area contributed by atoms with Crippen LogP contribution in [0, 0.1) is 5.92 Å². The fraction of sp³-hybridized carbons (Fsp3) is 0.217. The van der Waals surface area contributed by atoms with Gasteiger partial charge in [-0.25, -0.2) is 9.67 Å². The smallest absolute Gasteiger partial charge is 0.278 e. The van der Waals surface area contributed by atoms with Crippen molar-refractivity contribution in [2.75, 3.05) is 5.32 Å². The lowest BCUT2D eigenvalue weighted by Crippen LogP contribution is -2.29. The molecule has 0 saturated carbocycles. The van der Waals surface area contributed by atoms with Gasteiger partial charge in [-0.15, -0.1) is 11.3 Å². The first-order chi connectivity index (χ1) is 14.5. The van der Waals surface area contributed by atoms with Crippen molar-refractivity contribution >= 4 is 33.1 Å². The first-order valence-corrected chi connectivity index (χ1v) is 10.6. The van der Waals surface area contributed by atoms with Crippen molar-refractivity contribution in [3.8, 4) is 0 Å². The van der Waals surface area contributed by atoms with Crippen LogP contribution in [0.5, 0.6) is 0 Å². The topological polar surface area (TPSA) is 76.9 Å². The number of rotatable bonds is 6. The lowest BCUT2D eigenvalue weighted by atomic mass is 10.1. The predicted molar refractivity (Wildman–Crippen MR) is 120 cm³/mol. The maximum Gasteiger partial charge on any atom is 0.278 e. The van der Waals surface area contributed by atoms with Gasteiger partial charge in [0.2, 0.25) is 0 Å². The van der Waals surface area contributed by atoms with E-state index >= 15 is 0 Å². The van der Waals surface area contributed by atoms with Crippen LogP contribution in [-0.2, 0) is 13.0 Å². The Balaban J connectivity index is 1.62. The highest BCUT2D eigenvalue weighted by atomic mass is 32.1. The number of benzene rings is 2. The fourth-order valence-electron chi connectivity index (χ4n) is 3.27. The first-order valence-electron chi connectivity index (χ1n) is 9.81. The molecule has 30 heavy (non-hydrogen) atoms. The van der Waals surface area contributed by atoms with E-state index in [0.717, 1.165) is 11.3 Å². The Morgan fingerprint density at radius 2 is 1.77 bits per heavy atom. The van der Waals surface area contributed by atoms with E-state index in [2.05, 4.69) is 27.5 Å². The van der Waals surface area contributed by atoms with Crippen LogP contribution in [0.25, 0.3) is 10.8 Å². The molecule has 0 atom stereocenters. The van der Waals surface area contributed by atoms with Crippen LogP contribution in [-0.4, -0.2) is 20.7 Å². The number of carbonyl (C=O) groups is 1. The van der Waals surface area contributed by atoms with Gasteiger partial charge in [0.15, 0.2) is 10.8 Å². The van der Waals surface area contributed by atoms with Gasteiger partial charge in [0, 0.05) is 29.4 Å². The Kier molecular flexibility index (Phi) is 5.72. The standard InChI is InChI=1S/C23H22N4O2S/c1-15(2)14-27-22(29)19-11-7-6-10-18(19)20(26-27)21(28)25-23-24-13-17(30-23)12-16-8-4-3-5-9-16/h3-11,13,15H,12,14H2,1-2H3,(H,24,25,28). The van der Waals surface area contributed by atoms with Gasteiger partial charge in [-0.1, -0.05) is 62.4 Å². The molecule has 1 N–H and O–H groups in total. The molecule has 0 aliphatic heterocycles. The second-order valence-corrected chi connectivity index (χ2v) is 8.64. The number of carbonyl (C=O) groups excluding carboxylic acids is 1. The van der Waals surface area contributed by atoms with Crippen molar-refractivity contribution in [1.82, 2.24) is 14.8 Å². The summed E-state index contributed by atoms with van der Waals surface area (Å²) in [6.07, 6.45) is 2.54. The molecule has 0 unspecified atom stereocenters. The van der Waals surface area contributed by atoms with Crippen molar-refractivity contribution in [1.29, 1.82) is 0 Å². The summed E-state index contributed by atoms with van der Waals surface area (Å²) in [6, 6.07) is 17.2. The number of fused-ring (bicyclic) bond motifs is 1. The molecule has 2 heterocycles. The minimum absolute atomic E-state index is 0.185. The fourth-order valence-corrected chi connectivity index (χ4v) is 4.11. The number of nitrogens with one attached hydrogen (secondary N) is 1. The van der Waals surface area contributed by atoms with Crippen LogP contribution in [0.3, 0.4) is 0 Å². The molecule has 0 fully saturated rings. The van der Waals surface area contributed by atoms with E-state index in [1.807, 2.05) is 32.0 Å². The van der Waals surface area contributed by atoms with E-state index in [0.29, 0.717) is 22.4 Å². The van der Waals surface area contributed by atoms with Crippen LogP contribution in [0.1, 0.15) is 34.8 Å². The highest BCUT2D eigenvalue weighted by Gasteiger charge is 2.18. The molecule has 0 radical (unpaired) electrons. The predicted octanol–water partition coefficient (Wildman–Crippen LogP) is 4.35. The number of aromatic nitrogens is 3. The molecule has 7 heteroatoms. The van der Waals surface area contributed by atoms with Crippen molar-refractivity contribution in [3.63, 3.8) is 0 Å². The molecule has 2 aromatic carbocycles. The highest BCUT2D eigenvalue weighted by Crippen LogP contribution is 2.22. The van der Waals surface area contributed by atoms with Gasteiger partial charge in [-0.2, -0.15) is 5.10 Å². The van der Waals surface area contributed by atoms with Crippen molar-refractivity contribution < 1.29 is 4.79 Å². The minimum Gasteiger partial charge on any atom is -0.296 e. The zero-order chi connectivity index (χ0) is 21.1. The SMILES string of the molecule is CC(C)Cn1nc(C(=O)Nc2ncc(Cc3ccccc3)s2)c2ccccc2c1=O. The maximum atomic E-state index is 13.0. The molecule has 0 spiro atoms. The number of thiazole rings is 1. The Labute approximate surface area is 178 Å². The lowest BCUT2D eigenvalue weighted by Gasteiger charge is -2.12. The van der Waals surface area contributed by atoms with Gasteiger partial charge >= 0.3 is 0 Å². The Bertz CT molecular complexity index is 1250. The van der Waals surface area contributed by atoms with Gasteiger partial charge in [0.05, 0.1) is 5.39 Å². The van der Waals surface area contributed by atoms with Crippen LogP contribution >= 0.6 is 11.3 Å². The average molecular weight is 419 g/mol. The molecular formula is C23H22N4O2S. The number of hydrogen-bond donors (Lipinski definition) is 1. The van der Waals surface area contributed by atoms with Gasteiger partial charge in [-0.3, -0.25) is 14.9 Å². The third kappa shape index (κ3) is 4.31. The first kappa shape index (κ1) is 20.0. The second-order valence-electron chi connectivity index (χ2n) is 7.52. The molecule has 6 nitrogen and oxygen atoms in total. The van der Waals surface area contributed by atoms with E-state index in [9.17, 15) is 9.59 Å². The van der Waals surface area contributed by atoms with E-state index in [4.69, 9.17) is 0 Å². The molecular weight excluding hydrogens is 396 g/mol. The number of hydrogen-bond acceptors (Lipinski definition) is 5. The monoisotopic (exact) mass is 418 g/mol. The van der Waals surface area contributed by atoms with Crippen LogP contribution in [0.15, 0.2) is 65.6 Å². The molecule has 0 aliphatic carbocycles. The van der Waals surface area contributed by atoms with E-state index in [-0.39, 0.29) is 23.1 Å². The Morgan fingerprint density at radius 3 is 2.50 bits per heavy atom. The summed E-state index contributed by atoms with van der Waals surface area (Å²) in [5.74, 6) is -0.143. The summed E-state index contributed by atoms with van der Waals surface area (Å²) in [5, 5.41) is 8.77. The summed E-state index contributed by atoms with van der Waals surface area (Å²) in [6.45, 7) is 4.46. The Morgan fingerprint density at radius 1 is 1.07 bits per heavy atom. The number of nitrogens with zero attached hydrogens (tertiary/aromatic N) is 3. The average Bonchev–Trinajstić information content (AvgIpc) is 3.17. The molecule has 0 saturated heterocycles. The minimum atomic E-state index is -0.371. The molecule has 4 aromatic rings. The highest BCUT2D eigenvalue weighted by molar-refractivity contribution is 7.15. The largest absolute Gasteiger partial charge is 0.296 e. The van der Waals surface area contributed by atoms with Gasteiger partial charge in [0.25, 0.3) is 11.5 Å². The summed E-state index contributed by atoms with van der Waals surface area (Å²) in [5.41, 5.74) is 1.23. The molecule has 0 bridgehead atoms. The molecule has 1 amide bonds. The summed E-state index contributed by atoms with van der Waals surface area (Å²) in [4.78, 5) is 31.1. The van der Waals surface area contributed by atoms with Crippen molar-refractivity contribution in [3.05, 3.63) is 87.3 Å². The van der Waals surface area contributed by atoms with Crippen molar-refractivity contribution in [2.45, 2.75) is 26.8 Å². The summed E-state index contributed by atoms with van der Waals surface area (Å²) in [7, 11) is 0.